The van der Waals surface area contributed by atoms with E-state index in [1.807, 2.05) is 6.92 Å². The van der Waals surface area contributed by atoms with Crippen molar-refractivity contribution in [2.75, 3.05) is 6.54 Å². The summed E-state index contributed by atoms with van der Waals surface area (Å²) in [5, 5.41) is 8.60. The quantitative estimate of drug-likeness (QED) is 0.722. The Hall–Kier alpha value is -1.62. The molecule has 0 spiro atoms. The van der Waals surface area contributed by atoms with Crippen molar-refractivity contribution < 1.29 is 14.7 Å². The van der Waals surface area contributed by atoms with Crippen LogP contribution in [0.1, 0.15) is 28.0 Å². The van der Waals surface area contributed by atoms with Crippen molar-refractivity contribution in [3.8, 4) is 0 Å². The van der Waals surface area contributed by atoms with Crippen LogP contribution < -0.4 is 5.73 Å². The van der Waals surface area contributed by atoms with Gasteiger partial charge in [-0.1, -0.05) is 0 Å². The van der Waals surface area contributed by atoms with Gasteiger partial charge in [0.05, 0.1) is 13.0 Å². The Morgan fingerprint density at radius 1 is 1.44 bits per heavy atom. The van der Waals surface area contributed by atoms with Gasteiger partial charge in [0.15, 0.2) is 5.78 Å². The summed E-state index contributed by atoms with van der Waals surface area (Å²) >= 11 is 0. The molecule has 0 bridgehead atoms. The molecule has 0 saturated heterocycles. The Kier molecular flexibility index (Phi) is 3.84. The van der Waals surface area contributed by atoms with Gasteiger partial charge in [-0.05, 0) is 19.4 Å². The van der Waals surface area contributed by atoms with Crippen LogP contribution in [0.25, 0.3) is 0 Å². The summed E-state index contributed by atoms with van der Waals surface area (Å²) in [4.78, 5) is 22.0. The van der Waals surface area contributed by atoms with Gasteiger partial charge in [0.25, 0.3) is 0 Å². The summed E-state index contributed by atoms with van der Waals surface area (Å²) in [6, 6.07) is 0. The number of ketones is 1. The molecule has 1 aromatic rings. The number of rotatable bonds is 5. The van der Waals surface area contributed by atoms with Gasteiger partial charge in [0, 0.05) is 24.0 Å². The number of carbonyl (C=O) groups is 2. The van der Waals surface area contributed by atoms with Gasteiger partial charge in [-0.15, -0.1) is 0 Å². The first-order valence-electron chi connectivity index (χ1n) is 5.08. The molecule has 1 heterocycles. The number of Topliss-reactive ketones (excluding diaryl/α,β-unsaturated/α-hetero) is 1. The summed E-state index contributed by atoms with van der Waals surface area (Å²) in [7, 11) is 0. The summed E-state index contributed by atoms with van der Waals surface area (Å²) in [6.07, 6.45) is 1.84. The number of aromatic nitrogens is 1. The first-order chi connectivity index (χ1) is 7.47. The molecule has 0 fully saturated rings. The Morgan fingerprint density at radius 2 is 2.06 bits per heavy atom. The molecule has 0 saturated carbocycles. The molecule has 5 heteroatoms. The third kappa shape index (κ3) is 2.49. The maximum Gasteiger partial charge on any atom is 0.305 e. The second kappa shape index (κ2) is 4.94. The second-order valence-electron chi connectivity index (χ2n) is 3.74. The van der Waals surface area contributed by atoms with Crippen molar-refractivity contribution in [1.29, 1.82) is 0 Å². The van der Waals surface area contributed by atoms with E-state index < -0.39 is 5.97 Å². The molecular formula is C11H16N2O3. The number of carbonyl (C=O) groups excluding carboxylic acids is 1. The molecule has 1 aromatic heterocycles. The molecule has 0 atom stereocenters. The monoisotopic (exact) mass is 224 g/mol. The molecule has 0 aromatic carbocycles. The Bertz CT molecular complexity index is 421. The molecule has 0 unspecified atom stereocenters. The maximum atomic E-state index is 11.6. The van der Waals surface area contributed by atoms with Crippen molar-refractivity contribution >= 4 is 11.8 Å². The Balaban J connectivity index is 2.97. The third-order valence-electron chi connectivity index (χ3n) is 2.57. The van der Waals surface area contributed by atoms with Crippen molar-refractivity contribution in [3.63, 3.8) is 0 Å². The minimum atomic E-state index is -0.850. The fourth-order valence-corrected chi connectivity index (χ4v) is 1.80. The predicted molar refractivity (Wildman–Crippen MR) is 59.5 cm³/mol. The summed E-state index contributed by atoms with van der Waals surface area (Å²) in [5.41, 5.74) is 7.57. The van der Waals surface area contributed by atoms with Gasteiger partial charge in [0.2, 0.25) is 0 Å². The largest absolute Gasteiger partial charge is 0.481 e. The number of carboxylic acids is 1. The minimum Gasteiger partial charge on any atom is -0.481 e. The van der Waals surface area contributed by atoms with E-state index >= 15 is 0 Å². The molecule has 88 valence electrons. The summed E-state index contributed by atoms with van der Waals surface area (Å²) in [5.74, 6) is -0.957. The second-order valence-corrected chi connectivity index (χ2v) is 3.74. The van der Waals surface area contributed by atoms with Crippen LogP contribution in [0.2, 0.25) is 0 Å². The number of hydrogen-bond acceptors (Lipinski definition) is 3. The van der Waals surface area contributed by atoms with Crippen LogP contribution in [0.4, 0.5) is 0 Å². The van der Waals surface area contributed by atoms with Gasteiger partial charge in [-0.3, -0.25) is 9.59 Å². The smallest absolute Gasteiger partial charge is 0.305 e. The first kappa shape index (κ1) is 12.4. The highest BCUT2D eigenvalue weighted by atomic mass is 16.4. The summed E-state index contributed by atoms with van der Waals surface area (Å²) in [6.45, 7) is 3.98. The number of nitrogens with two attached hydrogens (primary N) is 1. The molecular weight excluding hydrogens is 208 g/mol. The van der Waals surface area contributed by atoms with Crippen molar-refractivity contribution in [2.45, 2.75) is 26.8 Å². The number of aryl methyl sites for hydroxylation is 2. The third-order valence-corrected chi connectivity index (χ3v) is 2.57. The van der Waals surface area contributed by atoms with E-state index in [0.29, 0.717) is 12.1 Å². The van der Waals surface area contributed by atoms with Crippen LogP contribution in [-0.4, -0.2) is 28.0 Å². The lowest BCUT2D eigenvalue weighted by Crippen LogP contribution is -2.15. The molecule has 0 aliphatic heterocycles. The van der Waals surface area contributed by atoms with Gasteiger partial charge in [-0.25, -0.2) is 0 Å². The SMILES string of the molecule is Cc1cn(CCC(=O)O)c(C)c1C(=O)CN. The zero-order valence-corrected chi connectivity index (χ0v) is 9.49. The van der Waals surface area contributed by atoms with Crippen molar-refractivity contribution in [2.24, 2.45) is 5.73 Å². The lowest BCUT2D eigenvalue weighted by molar-refractivity contribution is -0.137. The maximum absolute atomic E-state index is 11.6. The molecule has 1 rings (SSSR count). The van der Waals surface area contributed by atoms with Gasteiger partial charge in [0.1, 0.15) is 0 Å². The van der Waals surface area contributed by atoms with E-state index in [1.165, 1.54) is 0 Å². The molecule has 0 radical (unpaired) electrons. The number of aliphatic carboxylic acids is 1. The lowest BCUT2D eigenvalue weighted by Gasteiger charge is -2.04. The van der Waals surface area contributed by atoms with Crippen LogP contribution in [0.3, 0.4) is 0 Å². The zero-order chi connectivity index (χ0) is 12.3. The van der Waals surface area contributed by atoms with E-state index in [1.54, 1.807) is 17.7 Å². The van der Waals surface area contributed by atoms with Crippen molar-refractivity contribution in [1.82, 2.24) is 4.57 Å². The first-order valence-corrected chi connectivity index (χ1v) is 5.08. The van der Waals surface area contributed by atoms with E-state index in [2.05, 4.69) is 0 Å². The van der Waals surface area contributed by atoms with Gasteiger partial charge >= 0.3 is 5.97 Å². The van der Waals surface area contributed by atoms with Crippen LogP contribution in [-0.2, 0) is 11.3 Å². The summed E-state index contributed by atoms with van der Waals surface area (Å²) < 4.78 is 1.78. The van der Waals surface area contributed by atoms with Crippen molar-refractivity contribution in [3.05, 3.63) is 23.0 Å². The molecule has 0 aliphatic carbocycles. The van der Waals surface area contributed by atoms with Gasteiger partial charge in [-0.2, -0.15) is 0 Å². The van der Waals surface area contributed by atoms with Crippen LogP contribution in [0.5, 0.6) is 0 Å². The van der Waals surface area contributed by atoms with E-state index in [4.69, 9.17) is 10.8 Å². The molecule has 0 aliphatic rings. The van der Waals surface area contributed by atoms with Gasteiger partial charge < -0.3 is 15.4 Å². The Labute approximate surface area is 93.9 Å². The number of carboxylic acid groups (broad SMARTS) is 1. The highest BCUT2D eigenvalue weighted by Gasteiger charge is 2.15. The molecule has 16 heavy (non-hydrogen) atoms. The average Bonchev–Trinajstić information content (AvgIpc) is 2.50. The van der Waals surface area contributed by atoms with E-state index in [9.17, 15) is 9.59 Å². The number of hydrogen-bond donors (Lipinski definition) is 2. The fraction of sp³-hybridized carbons (Fsp3) is 0.455. The average molecular weight is 224 g/mol. The van der Waals surface area contributed by atoms with Crippen LogP contribution >= 0.6 is 0 Å². The molecule has 5 nitrogen and oxygen atoms in total. The molecule has 0 amide bonds. The van der Waals surface area contributed by atoms with E-state index in [-0.39, 0.29) is 18.7 Å². The normalized spacial score (nSPS) is 10.4. The minimum absolute atomic E-state index is 0.0232. The highest BCUT2D eigenvalue weighted by Crippen LogP contribution is 2.17. The van der Waals surface area contributed by atoms with Crippen LogP contribution in [0, 0.1) is 13.8 Å². The topological polar surface area (TPSA) is 85.3 Å². The van der Waals surface area contributed by atoms with E-state index in [0.717, 1.165) is 11.3 Å². The predicted octanol–water partition coefficient (Wildman–Crippen LogP) is 0.721. The highest BCUT2D eigenvalue weighted by molar-refractivity contribution is 6.00. The lowest BCUT2D eigenvalue weighted by atomic mass is 10.1. The number of nitrogens with zero attached hydrogens (tertiary/aromatic N) is 1. The Morgan fingerprint density at radius 3 is 2.56 bits per heavy atom. The molecule has 3 N–H and O–H groups in total. The standard InChI is InChI=1S/C11H16N2O3/c1-7-6-13(4-3-10(15)16)8(2)11(7)9(14)5-12/h6H,3-5,12H2,1-2H3,(H,15,16). The zero-order valence-electron chi connectivity index (χ0n) is 9.49. The fourth-order valence-electron chi connectivity index (χ4n) is 1.80. The van der Waals surface area contributed by atoms with Crippen LogP contribution in [0.15, 0.2) is 6.20 Å².